The predicted octanol–water partition coefficient (Wildman–Crippen LogP) is 4.12. The van der Waals surface area contributed by atoms with Crippen LogP contribution in [0, 0.1) is 11.6 Å². The molecule has 2 aromatic carbocycles. The molecule has 0 bridgehead atoms. The maximum absolute atomic E-state index is 13.8. The average molecular weight is 371 g/mol. The molecule has 3 aromatic rings. The fourth-order valence-electron chi connectivity index (χ4n) is 2.89. The van der Waals surface area contributed by atoms with Crippen LogP contribution < -0.4 is 5.32 Å². The highest BCUT2D eigenvalue weighted by Crippen LogP contribution is 2.32. The van der Waals surface area contributed by atoms with Gasteiger partial charge in [0.25, 0.3) is 0 Å². The number of carbonyl (C=O) groups excluding carboxylic acids is 1. The standard InChI is InChI=1S/C19H15F2N3OS/c20-13-6-5-12(15(21)10-13)9-18(25)22-16-4-2-1-3-14(16)17-11-24-7-8-26-19(24)23-17/h1-6,10-11H,7-9H2,(H,22,25). The van der Waals surface area contributed by atoms with E-state index in [1.807, 2.05) is 24.4 Å². The lowest BCUT2D eigenvalue weighted by Crippen LogP contribution is -2.16. The fraction of sp³-hybridized carbons (Fsp3) is 0.158. The number of carbonyl (C=O) groups is 1. The second-order valence-electron chi connectivity index (χ2n) is 5.96. The summed E-state index contributed by atoms with van der Waals surface area (Å²) in [6, 6.07) is 10.6. The molecular weight excluding hydrogens is 356 g/mol. The third-order valence-corrected chi connectivity index (χ3v) is 5.12. The number of benzene rings is 2. The van der Waals surface area contributed by atoms with Crippen LogP contribution in [0.2, 0.25) is 0 Å². The first-order valence-electron chi connectivity index (χ1n) is 8.13. The lowest BCUT2D eigenvalue weighted by Gasteiger charge is -2.10. The molecule has 4 nitrogen and oxygen atoms in total. The fourth-order valence-corrected chi connectivity index (χ4v) is 3.83. The number of nitrogens with one attached hydrogen (secondary N) is 1. The van der Waals surface area contributed by atoms with Crippen LogP contribution in [-0.4, -0.2) is 21.2 Å². The monoisotopic (exact) mass is 371 g/mol. The number of para-hydroxylation sites is 1. The van der Waals surface area contributed by atoms with Gasteiger partial charge in [-0.2, -0.15) is 0 Å². The number of amides is 1. The lowest BCUT2D eigenvalue weighted by molar-refractivity contribution is -0.115. The minimum absolute atomic E-state index is 0.152. The molecule has 2 heterocycles. The van der Waals surface area contributed by atoms with Crippen molar-refractivity contribution in [1.29, 1.82) is 0 Å². The number of thioether (sulfide) groups is 1. The maximum Gasteiger partial charge on any atom is 0.228 e. The zero-order valence-electron chi connectivity index (χ0n) is 13.7. The Hall–Kier alpha value is -2.67. The summed E-state index contributed by atoms with van der Waals surface area (Å²) in [7, 11) is 0. The number of anilines is 1. The smallest absolute Gasteiger partial charge is 0.228 e. The molecule has 132 valence electrons. The molecule has 7 heteroatoms. The summed E-state index contributed by atoms with van der Waals surface area (Å²) in [5.74, 6) is -0.743. The maximum atomic E-state index is 13.8. The summed E-state index contributed by atoms with van der Waals surface area (Å²) in [6.45, 7) is 0.922. The summed E-state index contributed by atoms with van der Waals surface area (Å²) >= 11 is 1.70. The molecule has 26 heavy (non-hydrogen) atoms. The van der Waals surface area contributed by atoms with Crippen LogP contribution in [0.1, 0.15) is 5.56 Å². The van der Waals surface area contributed by atoms with Crippen molar-refractivity contribution in [3.8, 4) is 11.3 Å². The molecule has 0 saturated heterocycles. The molecule has 0 aliphatic carbocycles. The van der Waals surface area contributed by atoms with Crippen LogP contribution in [0.25, 0.3) is 11.3 Å². The summed E-state index contributed by atoms with van der Waals surface area (Å²) in [4.78, 5) is 17.0. The Balaban J connectivity index is 1.55. The zero-order chi connectivity index (χ0) is 18.1. The van der Waals surface area contributed by atoms with Crippen molar-refractivity contribution < 1.29 is 13.6 Å². The van der Waals surface area contributed by atoms with Gasteiger partial charge in [0.05, 0.1) is 17.8 Å². The Morgan fingerprint density at radius 2 is 2.08 bits per heavy atom. The molecule has 0 atom stereocenters. The van der Waals surface area contributed by atoms with Crippen LogP contribution >= 0.6 is 11.8 Å². The average Bonchev–Trinajstić information content (AvgIpc) is 3.20. The van der Waals surface area contributed by atoms with Gasteiger partial charge in [-0.05, 0) is 17.7 Å². The van der Waals surface area contributed by atoms with Gasteiger partial charge >= 0.3 is 0 Å². The highest BCUT2D eigenvalue weighted by Gasteiger charge is 2.18. The van der Waals surface area contributed by atoms with Crippen LogP contribution in [0.5, 0.6) is 0 Å². The Morgan fingerprint density at radius 1 is 1.23 bits per heavy atom. The van der Waals surface area contributed by atoms with Crippen molar-refractivity contribution in [2.75, 3.05) is 11.1 Å². The number of aryl methyl sites for hydroxylation is 1. The number of rotatable bonds is 4. The first-order chi connectivity index (χ1) is 12.6. The highest BCUT2D eigenvalue weighted by molar-refractivity contribution is 7.99. The molecular formula is C19H15F2N3OS. The highest BCUT2D eigenvalue weighted by atomic mass is 32.2. The lowest BCUT2D eigenvalue weighted by atomic mass is 10.1. The van der Waals surface area contributed by atoms with Gasteiger partial charge in [-0.1, -0.05) is 36.0 Å². The number of hydrogen-bond donors (Lipinski definition) is 1. The van der Waals surface area contributed by atoms with E-state index in [2.05, 4.69) is 14.9 Å². The Labute approximate surface area is 153 Å². The van der Waals surface area contributed by atoms with Crippen molar-refractivity contribution in [3.05, 3.63) is 65.9 Å². The van der Waals surface area contributed by atoms with E-state index in [1.54, 1.807) is 17.8 Å². The van der Waals surface area contributed by atoms with Crippen molar-refractivity contribution in [2.24, 2.45) is 0 Å². The van der Waals surface area contributed by atoms with E-state index >= 15 is 0 Å². The first-order valence-corrected chi connectivity index (χ1v) is 9.12. The Morgan fingerprint density at radius 3 is 2.88 bits per heavy atom. The number of nitrogens with zero attached hydrogens (tertiary/aromatic N) is 2. The van der Waals surface area contributed by atoms with E-state index in [9.17, 15) is 13.6 Å². The van der Waals surface area contributed by atoms with E-state index in [0.717, 1.165) is 40.8 Å². The van der Waals surface area contributed by atoms with E-state index in [0.29, 0.717) is 5.69 Å². The van der Waals surface area contributed by atoms with Crippen LogP contribution in [0.15, 0.2) is 53.8 Å². The first kappa shape index (κ1) is 16.8. The molecule has 0 unspecified atom stereocenters. The van der Waals surface area contributed by atoms with Gasteiger partial charge < -0.3 is 9.88 Å². The minimum atomic E-state index is -0.726. The topological polar surface area (TPSA) is 46.9 Å². The molecule has 1 aromatic heterocycles. The summed E-state index contributed by atoms with van der Waals surface area (Å²) in [6.07, 6.45) is 1.80. The van der Waals surface area contributed by atoms with E-state index in [1.165, 1.54) is 6.07 Å². The molecule has 1 aliphatic rings. The molecule has 1 aliphatic heterocycles. The van der Waals surface area contributed by atoms with Gasteiger partial charge in [0.15, 0.2) is 5.16 Å². The van der Waals surface area contributed by atoms with Crippen molar-refractivity contribution in [3.63, 3.8) is 0 Å². The van der Waals surface area contributed by atoms with E-state index in [-0.39, 0.29) is 17.9 Å². The molecule has 0 fully saturated rings. The summed E-state index contributed by atoms with van der Waals surface area (Å²) in [5, 5.41) is 3.78. The van der Waals surface area contributed by atoms with E-state index in [4.69, 9.17) is 0 Å². The second-order valence-corrected chi connectivity index (χ2v) is 7.02. The third-order valence-electron chi connectivity index (χ3n) is 4.15. The number of aromatic nitrogens is 2. The number of hydrogen-bond acceptors (Lipinski definition) is 3. The summed E-state index contributed by atoms with van der Waals surface area (Å²) in [5.41, 5.74) is 2.36. The van der Waals surface area contributed by atoms with Gasteiger partial charge in [-0.3, -0.25) is 4.79 Å². The minimum Gasteiger partial charge on any atom is -0.325 e. The van der Waals surface area contributed by atoms with Gasteiger partial charge in [-0.25, -0.2) is 13.8 Å². The van der Waals surface area contributed by atoms with Crippen molar-refractivity contribution >= 4 is 23.4 Å². The quantitative estimate of drug-likeness (QED) is 0.751. The van der Waals surface area contributed by atoms with Gasteiger partial charge in [0, 0.05) is 30.1 Å². The van der Waals surface area contributed by atoms with E-state index < -0.39 is 11.6 Å². The number of halogens is 2. The molecule has 0 saturated carbocycles. The third kappa shape index (κ3) is 3.35. The zero-order valence-corrected chi connectivity index (χ0v) is 14.5. The van der Waals surface area contributed by atoms with Crippen LogP contribution in [0.4, 0.5) is 14.5 Å². The van der Waals surface area contributed by atoms with Gasteiger partial charge in [0.2, 0.25) is 5.91 Å². The molecule has 1 amide bonds. The van der Waals surface area contributed by atoms with Gasteiger partial charge in [-0.15, -0.1) is 0 Å². The number of fused-ring (bicyclic) bond motifs is 1. The Bertz CT molecular complexity index is 965. The SMILES string of the molecule is O=C(Cc1ccc(F)cc1F)Nc1ccccc1-c1cn2c(n1)SCC2. The predicted molar refractivity (Wildman–Crippen MR) is 97.1 cm³/mol. The summed E-state index contributed by atoms with van der Waals surface area (Å²) < 4.78 is 28.8. The second kappa shape index (κ2) is 6.92. The number of imidazole rings is 1. The Kier molecular flexibility index (Phi) is 4.46. The molecule has 1 N–H and O–H groups in total. The van der Waals surface area contributed by atoms with Crippen LogP contribution in [-0.2, 0) is 17.8 Å². The largest absolute Gasteiger partial charge is 0.325 e. The molecule has 4 rings (SSSR count). The normalized spacial score (nSPS) is 12.8. The molecule has 0 spiro atoms. The van der Waals surface area contributed by atoms with Crippen molar-refractivity contribution in [2.45, 2.75) is 18.1 Å². The molecule has 0 radical (unpaired) electrons. The van der Waals surface area contributed by atoms with Gasteiger partial charge in [0.1, 0.15) is 11.6 Å². The van der Waals surface area contributed by atoms with Crippen LogP contribution in [0.3, 0.4) is 0 Å². The van der Waals surface area contributed by atoms with Crippen molar-refractivity contribution in [1.82, 2.24) is 9.55 Å².